The average molecular weight is 282 g/mol. The summed E-state index contributed by atoms with van der Waals surface area (Å²) in [4.78, 5) is 29.5. The molecular weight excluding hydrogens is 266 g/mol. The van der Waals surface area contributed by atoms with Gasteiger partial charge in [-0.05, 0) is 18.6 Å². The van der Waals surface area contributed by atoms with Crippen molar-refractivity contribution >= 4 is 29.2 Å². The lowest BCUT2D eigenvalue weighted by atomic mass is 10.1. The molecule has 0 saturated carbocycles. The molecule has 0 unspecified atom stereocenters. The SMILES string of the molecule is CCCN1C[C@@H](C(=O)Nc2ccc(Cl)cn2)CC1=O. The molecule has 1 aliphatic heterocycles. The van der Waals surface area contributed by atoms with Crippen molar-refractivity contribution in [2.24, 2.45) is 5.92 Å². The molecule has 2 amide bonds. The third-order valence-electron chi connectivity index (χ3n) is 3.06. The number of likely N-dealkylation sites (tertiary alicyclic amines) is 1. The van der Waals surface area contributed by atoms with E-state index in [0.29, 0.717) is 23.9 Å². The summed E-state index contributed by atoms with van der Waals surface area (Å²) in [6.45, 7) is 3.21. The van der Waals surface area contributed by atoms with Crippen molar-refractivity contribution in [3.63, 3.8) is 0 Å². The van der Waals surface area contributed by atoms with Gasteiger partial charge in [-0.15, -0.1) is 0 Å². The van der Waals surface area contributed by atoms with Gasteiger partial charge in [-0.2, -0.15) is 0 Å². The number of anilines is 1. The summed E-state index contributed by atoms with van der Waals surface area (Å²) in [7, 11) is 0. The number of hydrogen-bond acceptors (Lipinski definition) is 3. The summed E-state index contributed by atoms with van der Waals surface area (Å²) in [5.41, 5.74) is 0. The van der Waals surface area contributed by atoms with Crippen LogP contribution in [0.25, 0.3) is 0 Å². The number of carbonyl (C=O) groups is 2. The second-order valence-electron chi connectivity index (χ2n) is 4.59. The van der Waals surface area contributed by atoms with Crippen LogP contribution in [0.15, 0.2) is 18.3 Å². The summed E-state index contributed by atoms with van der Waals surface area (Å²) in [6, 6.07) is 3.30. The third-order valence-corrected chi connectivity index (χ3v) is 3.28. The van der Waals surface area contributed by atoms with Gasteiger partial charge < -0.3 is 10.2 Å². The van der Waals surface area contributed by atoms with Crippen LogP contribution >= 0.6 is 11.6 Å². The molecular formula is C13H16ClN3O2. The van der Waals surface area contributed by atoms with E-state index in [1.807, 2.05) is 6.92 Å². The molecule has 0 aromatic carbocycles. The molecule has 1 aromatic rings. The van der Waals surface area contributed by atoms with E-state index in [0.717, 1.165) is 6.42 Å². The van der Waals surface area contributed by atoms with Crippen molar-refractivity contribution < 1.29 is 9.59 Å². The van der Waals surface area contributed by atoms with E-state index in [4.69, 9.17) is 11.6 Å². The molecule has 1 N–H and O–H groups in total. The summed E-state index contributed by atoms with van der Waals surface area (Å²) < 4.78 is 0. The molecule has 0 radical (unpaired) electrons. The van der Waals surface area contributed by atoms with Crippen molar-refractivity contribution in [1.82, 2.24) is 9.88 Å². The highest BCUT2D eigenvalue weighted by molar-refractivity contribution is 6.30. The zero-order valence-electron chi connectivity index (χ0n) is 10.7. The highest BCUT2D eigenvalue weighted by Gasteiger charge is 2.33. The average Bonchev–Trinajstić information content (AvgIpc) is 2.75. The van der Waals surface area contributed by atoms with Crippen molar-refractivity contribution in [3.05, 3.63) is 23.4 Å². The highest BCUT2D eigenvalue weighted by Crippen LogP contribution is 2.20. The Morgan fingerprint density at radius 3 is 3.00 bits per heavy atom. The van der Waals surface area contributed by atoms with E-state index in [-0.39, 0.29) is 24.2 Å². The van der Waals surface area contributed by atoms with Crippen molar-refractivity contribution in [3.8, 4) is 0 Å². The molecule has 2 heterocycles. The normalized spacial score (nSPS) is 18.7. The summed E-state index contributed by atoms with van der Waals surface area (Å²) in [6.07, 6.45) is 2.65. The van der Waals surface area contributed by atoms with Gasteiger partial charge in [-0.1, -0.05) is 18.5 Å². The van der Waals surface area contributed by atoms with Gasteiger partial charge in [-0.25, -0.2) is 4.98 Å². The van der Waals surface area contributed by atoms with E-state index in [2.05, 4.69) is 10.3 Å². The highest BCUT2D eigenvalue weighted by atomic mass is 35.5. The van der Waals surface area contributed by atoms with Crippen LogP contribution in [-0.4, -0.2) is 34.8 Å². The van der Waals surface area contributed by atoms with Gasteiger partial charge in [0.15, 0.2) is 0 Å². The maximum absolute atomic E-state index is 12.0. The molecule has 2 rings (SSSR count). The Hall–Kier alpha value is -1.62. The lowest BCUT2D eigenvalue weighted by Gasteiger charge is -2.15. The summed E-state index contributed by atoms with van der Waals surface area (Å²) in [5, 5.41) is 3.22. The molecule has 6 heteroatoms. The van der Waals surface area contributed by atoms with Crippen LogP contribution in [0.5, 0.6) is 0 Å². The van der Waals surface area contributed by atoms with Crippen molar-refractivity contribution in [2.75, 3.05) is 18.4 Å². The van der Waals surface area contributed by atoms with Crippen LogP contribution in [0.3, 0.4) is 0 Å². The van der Waals surface area contributed by atoms with Gasteiger partial charge >= 0.3 is 0 Å². The number of pyridine rings is 1. The van der Waals surface area contributed by atoms with E-state index in [9.17, 15) is 9.59 Å². The number of nitrogens with zero attached hydrogens (tertiary/aromatic N) is 2. The number of hydrogen-bond donors (Lipinski definition) is 1. The first kappa shape index (κ1) is 13.8. The van der Waals surface area contributed by atoms with E-state index < -0.39 is 0 Å². The molecule has 102 valence electrons. The molecule has 5 nitrogen and oxygen atoms in total. The number of aromatic nitrogens is 1. The first-order valence-electron chi connectivity index (χ1n) is 6.30. The minimum absolute atomic E-state index is 0.0473. The minimum Gasteiger partial charge on any atom is -0.342 e. The monoisotopic (exact) mass is 281 g/mol. The van der Waals surface area contributed by atoms with Crippen LogP contribution in [0.1, 0.15) is 19.8 Å². The van der Waals surface area contributed by atoms with Crippen LogP contribution in [0, 0.1) is 5.92 Å². The predicted octanol–water partition coefficient (Wildman–Crippen LogP) is 1.93. The molecule has 0 spiro atoms. The first-order valence-corrected chi connectivity index (χ1v) is 6.68. The van der Waals surface area contributed by atoms with Gasteiger partial charge in [-0.3, -0.25) is 9.59 Å². The second-order valence-corrected chi connectivity index (χ2v) is 5.03. The maximum atomic E-state index is 12.0. The van der Waals surface area contributed by atoms with Crippen LogP contribution in [0.4, 0.5) is 5.82 Å². The lowest BCUT2D eigenvalue weighted by Crippen LogP contribution is -2.29. The number of halogens is 1. The van der Waals surface area contributed by atoms with Crippen LogP contribution in [0.2, 0.25) is 5.02 Å². The van der Waals surface area contributed by atoms with Crippen LogP contribution < -0.4 is 5.32 Å². The third kappa shape index (κ3) is 3.44. The van der Waals surface area contributed by atoms with Gasteiger partial charge in [0.1, 0.15) is 5.82 Å². The van der Waals surface area contributed by atoms with Gasteiger partial charge in [0.25, 0.3) is 0 Å². The predicted molar refractivity (Wildman–Crippen MR) is 72.9 cm³/mol. The molecule has 19 heavy (non-hydrogen) atoms. The Morgan fingerprint density at radius 2 is 2.37 bits per heavy atom. The number of rotatable bonds is 4. The Morgan fingerprint density at radius 1 is 1.58 bits per heavy atom. The fourth-order valence-electron chi connectivity index (χ4n) is 2.11. The Labute approximate surface area is 117 Å². The molecule has 0 bridgehead atoms. The standard InChI is InChI=1S/C13H16ClN3O2/c1-2-5-17-8-9(6-12(17)18)13(19)16-11-4-3-10(14)7-15-11/h3-4,7,9H,2,5-6,8H2,1H3,(H,15,16,19)/t9-/m0/s1. The molecule has 1 saturated heterocycles. The molecule has 0 aliphatic carbocycles. The zero-order valence-corrected chi connectivity index (χ0v) is 11.5. The number of amides is 2. The molecule has 1 fully saturated rings. The summed E-state index contributed by atoms with van der Waals surface area (Å²) in [5.74, 6) is 0.0418. The fraction of sp³-hybridized carbons (Fsp3) is 0.462. The van der Waals surface area contributed by atoms with Crippen molar-refractivity contribution in [2.45, 2.75) is 19.8 Å². The first-order chi connectivity index (χ1) is 9.10. The number of nitrogens with one attached hydrogen (secondary N) is 1. The largest absolute Gasteiger partial charge is 0.342 e. The van der Waals surface area contributed by atoms with Gasteiger partial charge in [0.05, 0.1) is 10.9 Å². The van der Waals surface area contributed by atoms with Gasteiger partial charge in [0, 0.05) is 25.7 Å². The van der Waals surface area contributed by atoms with E-state index in [1.165, 1.54) is 6.20 Å². The zero-order chi connectivity index (χ0) is 13.8. The second kappa shape index (κ2) is 6.02. The Bertz CT molecular complexity index is 475. The van der Waals surface area contributed by atoms with Crippen LogP contribution in [-0.2, 0) is 9.59 Å². The van der Waals surface area contributed by atoms with Crippen molar-refractivity contribution in [1.29, 1.82) is 0 Å². The molecule has 1 aliphatic rings. The Kier molecular flexibility index (Phi) is 4.37. The smallest absolute Gasteiger partial charge is 0.230 e. The topological polar surface area (TPSA) is 62.3 Å². The Balaban J connectivity index is 1.94. The molecule has 1 atom stereocenters. The minimum atomic E-state index is -0.295. The van der Waals surface area contributed by atoms with Gasteiger partial charge in [0.2, 0.25) is 11.8 Å². The quantitative estimate of drug-likeness (QED) is 0.917. The molecule has 1 aromatic heterocycles. The summed E-state index contributed by atoms with van der Waals surface area (Å²) >= 11 is 5.72. The fourth-order valence-corrected chi connectivity index (χ4v) is 2.22. The lowest BCUT2D eigenvalue weighted by molar-refractivity contribution is -0.128. The van der Waals surface area contributed by atoms with E-state index in [1.54, 1.807) is 17.0 Å². The maximum Gasteiger partial charge on any atom is 0.230 e. The number of carbonyl (C=O) groups excluding carboxylic acids is 2. The van der Waals surface area contributed by atoms with E-state index >= 15 is 0 Å².